The van der Waals surface area contributed by atoms with E-state index in [9.17, 15) is 10.1 Å². The van der Waals surface area contributed by atoms with E-state index in [1.165, 1.54) is 6.92 Å². The molecular weight excluding hydrogens is 178 g/mol. The zero-order valence-corrected chi connectivity index (χ0v) is 8.57. The molecule has 14 heavy (non-hydrogen) atoms. The van der Waals surface area contributed by atoms with E-state index in [0.29, 0.717) is 0 Å². The number of hydrogen-bond donors (Lipinski definition) is 0. The summed E-state index contributed by atoms with van der Waals surface area (Å²) in [5.74, 6) is 0. The first kappa shape index (κ1) is 10.4. The fraction of sp³-hybridized carbons (Fsp3) is 0.273. The minimum absolute atomic E-state index is 0.208. The van der Waals surface area contributed by atoms with Crippen LogP contribution in [-0.4, -0.2) is 4.92 Å². The van der Waals surface area contributed by atoms with Crippen LogP contribution in [0.2, 0.25) is 0 Å². The van der Waals surface area contributed by atoms with Gasteiger partial charge in [0.25, 0.3) is 0 Å². The molecule has 1 aromatic rings. The lowest BCUT2D eigenvalue weighted by molar-refractivity contribution is -0.423. The standard InChI is InChI=1S/C11H13NO2/c1-8-6-4-5-7-11(8)9(2)10(3)12(13)14/h4-7H,1-3H3/b10-9+. The zero-order chi connectivity index (χ0) is 10.7. The number of benzene rings is 1. The first-order chi connectivity index (χ1) is 6.54. The van der Waals surface area contributed by atoms with Crippen molar-refractivity contribution in [2.24, 2.45) is 0 Å². The monoisotopic (exact) mass is 191 g/mol. The Morgan fingerprint density at radius 3 is 2.36 bits per heavy atom. The van der Waals surface area contributed by atoms with Gasteiger partial charge in [0.15, 0.2) is 0 Å². The van der Waals surface area contributed by atoms with Crippen molar-refractivity contribution in [3.63, 3.8) is 0 Å². The van der Waals surface area contributed by atoms with Crippen LogP contribution in [0.25, 0.3) is 5.57 Å². The van der Waals surface area contributed by atoms with Gasteiger partial charge in [-0.2, -0.15) is 0 Å². The smallest absolute Gasteiger partial charge is 0.246 e. The molecule has 0 spiro atoms. The van der Waals surface area contributed by atoms with Crippen LogP contribution in [0.15, 0.2) is 30.0 Å². The second-order valence-corrected chi connectivity index (χ2v) is 3.28. The van der Waals surface area contributed by atoms with Gasteiger partial charge in [0.1, 0.15) is 0 Å². The number of rotatable bonds is 2. The molecule has 0 fully saturated rings. The summed E-state index contributed by atoms with van der Waals surface area (Å²) in [4.78, 5) is 10.2. The van der Waals surface area contributed by atoms with Gasteiger partial charge in [-0.15, -0.1) is 0 Å². The normalized spacial score (nSPS) is 12.2. The Labute approximate surface area is 83.2 Å². The second-order valence-electron chi connectivity index (χ2n) is 3.28. The van der Waals surface area contributed by atoms with Gasteiger partial charge in [-0.05, 0) is 25.0 Å². The molecule has 3 heteroatoms. The van der Waals surface area contributed by atoms with E-state index in [1.54, 1.807) is 6.92 Å². The molecule has 0 radical (unpaired) electrons. The molecule has 0 aromatic heterocycles. The first-order valence-electron chi connectivity index (χ1n) is 4.42. The molecule has 0 aliphatic carbocycles. The number of nitrogens with zero attached hydrogens (tertiary/aromatic N) is 1. The van der Waals surface area contributed by atoms with E-state index < -0.39 is 0 Å². The van der Waals surface area contributed by atoms with Gasteiger partial charge < -0.3 is 0 Å². The van der Waals surface area contributed by atoms with Gasteiger partial charge >= 0.3 is 0 Å². The summed E-state index contributed by atoms with van der Waals surface area (Å²) in [7, 11) is 0. The van der Waals surface area contributed by atoms with E-state index in [2.05, 4.69) is 0 Å². The van der Waals surface area contributed by atoms with Crippen LogP contribution >= 0.6 is 0 Å². The number of aryl methyl sites for hydroxylation is 1. The molecule has 0 saturated heterocycles. The fourth-order valence-corrected chi connectivity index (χ4v) is 1.33. The molecule has 0 aliphatic rings. The SMILES string of the molecule is C/C(=C(/C)[N+](=O)[O-])c1ccccc1C. The first-order valence-corrected chi connectivity index (χ1v) is 4.42. The maximum Gasteiger partial charge on any atom is 0.246 e. The van der Waals surface area contributed by atoms with Crippen molar-refractivity contribution >= 4 is 5.57 Å². The quantitative estimate of drug-likeness (QED) is 0.532. The molecular formula is C11H13NO2. The van der Waals surface area contributed by atoms with Crippen LogP contribution < -0.4 is 0 Å². The van der Waals surface area contributed by atoms with Crippen molar-refractivity contribution in [2.45, 2.75) is 20.8 Å². The molecule has 0 atom stereocenters. The van der Waals surface area contributed by atoms with Crippen LogP contribution in [0.3, 0.4) is 0 Å². The highest BCUT2D eigenvalue weighted by atomic mass is 16.6. The zero-order valence-electron chi connectivity index (χ0n) is 8.57. The molecule has 0 heterocycles. The van der Waals surface area contributed by atoms with Gasteiger partial charge in [-0.25, -0.2) is 0 Å². The summed E-state index contributed by atoms with van der Waals surface area (Å²) in [6.45, 7) is 5.26. The molecule has 0 N–H and O–H groups in total. The highest BCUT2D eigenvalue weighted by molar-refractivity contribution is 5.67. The lowest BCUT2D eigenvalue weighted by Crippen LogP contribution is -1.98. The topological polar surface area (TPSA) is 43.1 Å². The third-order valence-electron chi connectivity index (χ3n) is 2.37. The minimum atomic E-state index is -0.345. The Kier molecular flexibility index (Phi) is 3.02. The molecule has 1 rings (SSSR count). The summed E-state index contributed by atoms with van der Waals surface area (Å²) in [6.07, 6.45) is 0. The van der Waals surface area contributed by atoms with Gasteiger partial charge in [0.2, 0.25) is 5.70 Å². The van der Waals surface area contributed by atoms with Gasteiger partial charge in [0.05, 0.1) is 4.92 Å². The van der Waals surface area contributed by atoms with E-state index >= 15 is 0 Å². The van der Waals surface area contributed by atoms with Crippen molar-refractivity contribution < 1.29 is 4.92 Å². The van der Waals surface area contributed by atoms with Crippen molar-refractivity contribution in [1.82, 2.24) is 0 Å². The second kappa shape index (κ2) is 4.05. The average molecular weight is 191 g/mol. The lowest BCUT2D eigenvalue weighted by Gasteiger charge is -2.04. The highest BCUT2D eigenvalue weighted by Crippen LogP contribution is 2.21. The molecule has 0 saturated carbocycles. The molecule has 3 nitrogen and oxygen atoms in total. The Morgan fingerprint density at radius 1 is 1.29 bits per heavy atom. The number of allylic oxidation sites excluding steroid dienone is 2. The van der Waals surface area contributed by atoms with Crippen LogP contribution in [0, 0.1) is 17.0 Å². The summed E-state index contributed by atoms with van der Waals surface area (Å²) in [5.41, 5.74) is 2.94. The van der Waals surface area contributed by atoms with E-state index in [1.807, 2.05) is 31.2 Å². The number of nitro groups is 1. The lowest BCUT2D eigenvalue weighted by atomic mass is 10.0. The summed E-state index contributed by atoms with van der Waals surface area (Å²) < 4.78 is 0. The third-order valence-corrected chi connectivity index (χ3v) is 2.37. The fourth-order valence-electron chi connectivity index (χ4n) is 1.33. The molecule has 0 unspecified atom stereocenters. The highest BCUT2D eigenvalue weighted by Gasteiger charge is 2.11. The molecule has 0 aliphatic heterocycles. The van der Waals surface area contributed by atoms with Crippen molar-refractivity contribution in [3.05, 3.63) is 51.2 Å². The molecule has 0 amide bonds. The number of hydrogen-bond acceptors (Lipinski definition) is 2. The van der Waals surface area contributed by atoms with Crippen molar-refractivity contribution in [2.75, 3.05) is 0 Å². The van der Waals surface area contributed by atoms with Gasteiger partial charge in [-0.3, -0.25) is 10.1 Å². The molecule has 1 aromatic carbocycles. The van der Waals surface area contributed by atoms with Crippen LogP contribution in [-0.2, 0) is 0 Å². The average Bonchev–Trinajstić information content (AvgIpc) is 2.16. The maximum atomic E-state index is 10.6. The molecule has 74 valence electrons. The largest absolute Gasteiger partial charge is 0.259 e. The van der Waals surface area contributed by atoms with Crippen LogP contribution in [0.4, 0.5) is 0 Å². The van der Waals surface area contributed by atoms with Crippen molar-refractivity contribution in [1.29, 1.82) is 0 Å². The van der Waals surface area contributed by atoms with Crippen LogP contribution in [0.1, 0.15) is 25.0 Å². The Hall–Kier alpha value is -1.64. The predicted molar refractivity (Wildman–Crippen MR) is 56.4 cm³/mol. The summed E-state index contributed by atoms with van der Waals surface area (Å²) >= 11 is 0. The minimum Gasteiger partial charge on any atom is -0.259 e. The van der Waals surface area contributed by atoms with E-state index in [4.69, 9.17) is 0 Å². The summed E-state index contributed by atoms with van der Waals surface area (Å²) in [5, 5.41) is 10.6. The third kappa shape index (κ3) is 1.99. The maximum absolute atomic E-state index is 10.6. The predicted octanol–water partition coefficient (Wildman–Crippen LogP) is 3.02. The van der Waals surface area contributed by atoms with E-state index in [0.717, 1.165) is 16.7 Å². The summed E-state index contributed by atoms with van der Waals surface area (Å²) in [6, 6.07) is 7.66. The Morgan fingerprint density at radius 2 is 1.86 bits per heavy atom. The van der Waals surface area contributed by atoms with Gasteiger partial charge in [-0.1, -0.05) is 24.3 Å². The van der Waals surface area contributed by atoms with E-state index in [-0.39, 0.29) is 10.6 Å². The van der Waals surface area contributed by atoms with Gasteiger partial charge in [0, 0.05) is 12.5 Å². The Bertz CT molecular complexity index is 394. The van der Waals surface area contributed by atoms with Crippen molar-refractivity contribution in [3.8, 4) is 0 Å². The molecule has 0 bridgehead atoms. The Balaban J connectivity index is 3.25. The van der Waals surface area contributed by atoms with Crippen LogP contribution in [0.5, 0.6) is 0 Å².